The maximum absolute atomic E-state index is 12.9. The number of likely N-dealkylation sites (tertiary alicyclic amines) is 1. The van der Waals surface area contributed by atoms with E-state index in [1.165, 1.54) is 18.4 Å². The molecule has 1 aliphatic rings. The number of hydrogen-bond acceptors (Lipinski definition) is 5. The number of sulfonamides is 1. The van der Waals surface area contributed by atoms with E-state index in [0.29, 0.717) is 10.9 Å². The van der Waals surface area contributed by atoms with Crippen molar-refractivity contribution in [1.82, 2.24) is 14.9 Å². The van der Waals surface area contributed by atoms with E-state index in [0.717, 1.165) is 41.9 Å². The number of benzene rings is 3. The molecule has 0 saturated carbocycles. The lowest BCUT2D eigenvalue weighted by atomic mass is 10.0. The number of aryl methyl sites for hydroxylation is 1. The number of carboxylic acid groups (broad SMARTS) is 1. The summed E-state index contributed by atoms with van der Waals surface area (Å²) in [7, 11) is -1.41. The van der Waals surface area contributed by atoms with Crippen molar-refractivity contribution in [1.29, 1.82) is 0 Å². The Morgan fingerprint density at radius 1 is 0.925 bits per heavy atom. The van der Waals surface area contributed by atoms with Gasteiger partial charge in [-0.1, -0.05) is 60.7 Å². The summed E-state index contributed by atoms with van der Waals surface area (Å²) in [4.78, 5) is 11.6. The summed E-state index contributed by atoms with van der Waals surface area (Å²) in [5, 5.41) is 10.8. The molecule has 0 aliphatic carbocycles. The summed E-state index contributed by atoms with van der Waals surface area (Å²) in [6.45, 7) is 5.26. The SMILES string of the molecule is Cc1cc(-c2cccc(CNC3CCN(C)CC3)c2)ccc1S(=O)(=O)NCc1ccccc1.O=C(O)C(F)(F)F. The van der Waals surface area contributed by atoms with Gasteiger partial charge in [0, 0.05) is 19.1 Å². The number of halogens is 3. The third-order valence-electron chi connectivity index (χ3n) is 6.59. The second-order valence-electron chi connectivity index (χ2n) is 9.75. The molecule has 3 aromatic rings. The molecule has 0 unspecified atom stereocenters. The van der Waals surface area contributed by atoms with Crippen LogP contribution in [0.3, 0.4) is 0 Å². The van der Waals surface area contributed by atoms with Gasteiger partial charge in [0.05, 0.1) is 4.90 Å². The first-order chi connectivity index (χ1) is 18.8. The number of alkyl halides is 3. The molecule has 4 rings (SSSR count). The van der Waals surface area contributed by atoms with E-state index in [9.17, 15) is 21.6 Å². The Kier molecular flexibility index (Phi) is 10.9. The lowest BCUT2D eigenvalue weighted by Gasteiger charge is -2.29. The largest absolute Gasteiger partial charge is 0.490 e. The number of nitrogens with zero attached hydrogens (tertiary/aromatic N) is 1. The smallest absolute Gasteiger partial charge is 0.475 e. The van der Waals surface area contributed by atoms with E-state index in [1.807, 2.05) is 49.4 Å². The molecule has 11 heteroatoms. The number of carbonyl (C=O) groups is 1. The summed E-state index contributed by atoms with van der Waals surface area (Å²) in [5.41, 5.74) is 5.03. The number of rotatable bonds is 8. The van der Waals surface area contributed by atoms with Crippen LogP contribution >= 0.6 is 0 Å². The summed E-state index contributed by atoms with van der Waals surface area (Å²) in [5.74, 6) is -2.76. The van der Waals surface area contributed by atoms with Gasteiger partial charge in [-0.25, -0.2) is 17.9 Å². The van der Waals surface area contributed by atoms with Crippen LogP contribution in [0.5, 0.6) is 0 Å². The number of carboxylic acids is 1. The highest BCUT2D eigenvalue weighted by Gasteiger charge is 2.38. The highest BCUT2D eigenvalue weighted by molar-refractivity contribution is 7.89. The van der Waals surface area contributed by atoms with Crippen LogP contribution in [0.2, 0.25) is 0 Å². The van der Waals surface area contributed by atoms with Crippen molar-refractivity contribution < 1.29 is 31.5 Å². The zero-order chi connectivity index (χ0) is 29.3. The molecule has 0 bridgehead atoms. The van der Waals surface area contributed by atoms with Gasteiger partial charge < -0.3 is 15.3 Å². The summed E-state index contributed by atoms with van der Waals surface area (Å²) in [6, 6.07) is 24.2. The van der Waals surface area contributed by atoms with Gasteiger partial charge in [-0.15, -0.1) is 0 Å². The standard InChI is InChI=1S/C27H33N3O2S.C2HF3O2/c1-21-17-25(11-12-27(21)33(31,32)29-20-22-7-4-3-5-8-22)24-10-6-9-23(18-24)19-28-26-13-15-30(2)16-14-26;3-2(4,5)1(6)7/h3-12,17-18,26,28-29H,13-16,19-20H2,1-2H3;(H,6,7). The summed E-state index contributed by atoms with van der Waals surface area (Å²) >= 11 is 0. The van der Waals surface area contributed by atoms with Crippen LogP contribution in [0.25, 0.3) is 11.1 Å². The molecular weight excluding hydrogens is 543 g/mol. The molecule has 1 aliphatic heterocycles. The van der Waals surface area contributed by atoms with Crippen molar-refractivity contribution in [3.05, 3.63) is 89.5 Å². The highest BCUT2D eigenvalue weighted by atomic mass is 32.2. The van der Waals surface area contributed by atoms with Gasteiger partial charge in [-0.05, 0) is 79.9 Å². The molecule has 3 N–H and O–H groups in total. The number of hydrogen-bond donors (Lipinski definition) is 3. The quantitative estimate of drug-likeness (QED) is 0.350. The zero-order valence-corrected chi connectivity index (χ0v) is 23.2. The molecule has 0 spiro atoms. The molecule has 0 atom stereocenters. The zero-order valence-electron chi connectivity index (χ0n) is 22.4. The van der Waals surface area contributed by atoms with Crippen LogP contribution in [-0.2, 0) is 27.9 Å². The van der Waals surface area contributed by atoms with Crippen LogP contribution in [0, 0.1) is 6.92 Å². The topological polar surface area (TPSA) is 98.7 Å². The summed E-state index contributed by atoms with van der Waals surface area (Å²) in [6.07, 6.45) is -2.72. The van der Waals surface area contributed by atoms with E-state index in [4.69, 9.17) is 9.90 Å². The van der Waals surface area contributed by atoms with E-state index in [1.54, 1.807) is 6.07 Å². The summed E-state index contributed by atoms with van der Waals surface area (Å²) < 4.78 is 60.2. The van der Waals surface area contributed by atoms with E-state index < -0.39 is 22.2 Å². The van der Waals surface area contributed by atoms with Crippen LogP contribution < -0.4 is 10.0 Å². The Hall–Kier alpha value is -3.25. The third kappa shape index (κ3) is 9.44. The first-order valence-corrected chi connectivity index (χ1v) is 14.3. The van der Waals surface area contributed by atoms with Crippen molar-refractivity contribution in [3.8, 4) is 11.1 Å². The Bertz CT molecular complexity index is 1370. The lowest BCUT2D eigenvalue weighted by molar-refractivity contribution is -0.192. The maximum atomic E-state index is 12.9. The van der Waals surface area contributed by atoms with Crippen molar-refractivity contribution >= 4 is 16.0 Å². The number of aliphatic carboxylic acids is 1. The Morgan fingerprint density at radius 2 is 1.52 bits per heavy atom. The number of nitrogens with one attached hydrogen (secondary N) is 2. The molecule has 40 heavy (non-hydrogen) atoms. The fourth-order valence-corrected chi connectivity index (χ4v) is 5.56. The monoisotopic (exact) mass is 577 g/mol. The molecule has 0 amide bonds. The third-order valence-corrected chi connectivity index (χ3v) is 8.15. The van der Waals surface area contributed by atoms with Gasteiger partial charge in [0.15, 0.2) is 0 Å². The second-order valence-corrected chi connectivity index (χ2v) is 11.5. The van der Waals surface area contributed by atoms with E-state index in [-0.39, 0.29) is 6.54 Å². The molecular formula is C29H34F3N3O4S. The molecule has 1 heterocycles. The second kappa shape index (κ2) is 13.9. The van der Waals surface area contributed by atoms with Crippen LogP contribution in [0.4, 0.5) is 13.2 Å². The van der Waals surface area contributed by atoms with Gasteiger partial charge >= 0.3 is 12.1 Å². The van der Waals surface area contributed by atoms with Gasteiger partial charge in [-0.2, -0.15) is 13.2 Å². The van der Waals surface area contributed by atoms with Crippen molar-refractivity contribution in [2.24, 2.45) is 0 Å². The fourth-order valence-electron chi connectivity index (χ4n) is 4.32. The Labute approximate surface area is 233 Å². The molecule has 0 radical (unpaired) electrons. The predicted octanol–water partition coefficient (Wildman–Crippen LogP) is 4.96. The predicted molar refractivity (Wildman–Crippen MR) is 148 cm³/mol. The highest BCUT2D eigenvalue weighted by Crippen LogP contribution is 2.26. The Morgan fingerprint density at radius 3 is 2.12 bits per heavy atom. The molecule has 0 aromatic heterocycles. The average molecular weight is 578 g/mol. The normalized spacial score (nSPS) is 14.8. The minimum atomic E-state index is -5.08. The van der Waals surface area contributed by atoms with Crippen LogP contribution in [-0.4, -0.2) is 56.7 Å². The van der Waals surface area contributed by atoms with E-state index >= 15 is 0 Å². The van der Waals surface area contributed by atoms with Crippen LogP contribution in [0.1, 0.15) is 29.5 Å². The molecule has 7 nitrogen and oxygen atoms in total. The first kappa shape index (κ1) is 31.3. The molecule has 1 fully saturated rings. The van der Waals surface area contributed by atoms with Crippen molar-refractivity contribution in [2.75, 3.05) is 20.1 Å². The Balaban J connectivity index is 0.000000559. The molecule has 216 valence electrons. The van der Waals surface area contributed by atoms with Gasteiger partial charge in [-0.3, -0.25) is 0 Å². The lowest BCUT2D eigenvalue weighted by Crippen LogP contribution is -2.40. The van der Waals surface area contributed by atoms with Gasteiger partial charge in [0.1, 0.15) is 0 Å². The molecule has 3 aromatic carbocycles. The first-order valence-electron chi connectivity index (χ1n) is 12.8. The molecule has 1 saturated heterocycles. The van der Waals surface area contributed by atoms with Crippen molar-refractivity contribution in [2.45, 2.75) is 50.0 Å². The van der Waals surface area contributed by atoms with E-state index in [2.05, 4.69) is 46.3 Å². The average Bonchev–Trinajstić information content (AvgIpc) is 2.92. The number of piperidine rings is 1. The van der Waals surface area contributed by atoms with Crippen LogP contribution in [0.15, 0.2) is 77.7 Å². The minimum Gasteiger partial charge on any atom is -0.475 e. The van der Waals surface area contributed by atoms with Gasteiger partial charge in [0.25, 0.3) is 0 Å². The maximum Gasteiger partial charge on any atom is 0.490 e. The van der Waals surface area contributed by atoms with Crippen molar-refractivity contribution in [3.63, 3.8) is 0 Å². The van der Waals surface area contributed by atoms with Gasteiger partial charge in [0.2, 0.25) is 10.0 Å². The minimum absolute atomic E-state index is 0.274. The fraction of sp³-hybridized carbons (Fsp3) is 0.345.